The summed E-state index contributed by atoms with van der Waals surface area (Å²) in [6.45, 7) is 1.61. The van der Waals surface area contributed by atoms with Crippen LogP contribution in [0.4, 0.5) is 16.2 Å². The van der Waals surface area contributed by atoms with Gasteiger partial charge in [-0.05, 0) is 61.4 Å². The molecular weight excluding hydrogens is 413 g/mol. The first kappa shape index (κ1) is 22.9. The third-order valence-corrected chi connectivity index (χ3v) is 6.24. The Kier molecular flexibility index (Phi) is 8.01. The van der Waals surface area contributed by atoms with Crippen LogP contribution in [0.1, 0.15) is 55.2 Å². The van der Waals surface area contributed by atoms with Crippen molar-refractivity contribution in [2.24, 2.45) is 5.92 Å². The van der Waals surface area contributed by atoms with Crippen molar-refractivity contribution in [1.82, 2.24) is 9.97 Å². The molecule has 1 fully saturated rings. The van der Waals surface area contributed by atoms with Crippen molar-refractivity contribution in [2.75, 3.05) is 23.7 Å². The highest BCUT2D eigenvalue weighted by molar-refractivity contribution is 6.13. The minimum absolute atomic E-state index is 0.289. The third-order valence-electron chi connectivity index (χ3n) is 6.24. The molecule has 0 amide bonds. The molecule has 0 atom stereocenters. The van der Waals surface area contributed by atoms with Crippen LogP contribution >= 0.6 is 0 Å². The van der Waals surface area contributed by atoms with Gasteiger partial charge >= 0.3 is 0 Å². The van der Waals surface area contributed by atoms with E-state index in [1.807, 2.05) is 6.07 Å². The van der Waals surface area contributed by atoms with Gasteiger partial charge in [0, 0.05) is 24.8 Å². The Balaban J connectivity index is 1.44. The number of rotatable bonds is 10. The number of aryl methyl sites for hydroxylation is 1. The Hall–Kier alpha value is -3.28. The van der Waals surface area contributed by atoms with E-state index in [1.165, 1.54) is 49.8 Å². The zero-order valence-electron chi connectivity index (χ0n) is 19.0. The molecule has 3 N–H and O–H groups in total. The number of hydrogen-bond acceptors (Lipinski definition) is 5. The number of benzene rings is 2. The normalized spacial score (nSPS) is 14.1. The molecule has 172 valence electrons. The van der Waals surface area contributed by atoms with Crippen molar-refractivity contribution >= 4 is 17.5 Å². The predicted octanol–water partition coefficient (Wildman–Crippen LogP) is 6.07. The summed E-state index contributed by atoms with van der Waals surface area (Å²) in [5, 5.41) is 15.5. The van der Waals surface area contributed by atoms with Crippen LogP contribution in [-0.2, 0) is 6.42 Å². The molecule has 1 aromatic heterocycles. The minimum Gasteiger partial charge on any atom is -0.369 e. The van der Waals surface area contributed by atoms with Crippen LogP contribution in [0.2, 0.25) is 0 Å². The predicted molar refractivity (Wildman–Crippen MR) is 133 cm³/mol. The van der Waals surface area contributed by atoms with Crippen molar-refractivity contribution < 1.29 is 4.39 Å². The van der Waals surface area contributed by atoms with Gasteiger partial charge in [-0.25, -0.2) is 9.37 Å². The molecule has 0 bridgehead atoms. The maximum Gasteiger partial charge on any atom is 0.224 e. The van der Waals surface area contributed by atoms with Gasteiger partial charge in [-0.1, -0.05) is 49.6 Å². The fraction of sp³-hybridized carbons (Fsp3) is 0.370. The zero-order valence-corrected chi connectivity index (χ0v) is 19.0. The SMILES string of the molecule is N=C(c1ccc(F)cc1)c1cnc(NCCCc2ccccc2)nc1NCC1CCCCC1. The Bertz CT molecular complexity index is 1030. The molecule has 3 aromatic rings. The number of halogens is 1. The molecule has 6 heteroatoms. The lowest BCUT2D eigenvalue weighted by Gasteiger charge is -2.23. The fourth-order valence-corrected chi connectivity index (χ4v) is 4.33. The number of anilines is 2. The number of nitrogens with one attached hydrogen (secondary N) is 3. The average Bonchev–Trinajstić information content (AvgIpc) is 2.87. The van der Waals surface area contributed by atoms with Crippen LogP contribution in [0.15, 0.2) is 60.8 Å². The number of nitrogens with zero attached hydrogens (tertiary/aromatic N) is 2. The number of hydrogen-bond donors (Lipinski definition) is 3. The summed E-state index contributed by atoms with van der Waals surface area (Å²) in [6, 6.07) is 16.4. The van der Waals surface area contributed by atoms with Crippen molar-refractivity contribution in [3.05, 3.63) is 83.3 Å². The molecule has 2 aromatic carbocycles. The van der Waals surface area contributed by atoms with Crippen LogP contribution in [0.3, 0.4) is 0 Å². The highest BCUT2D eigenvalue weighted by atomic mass is 19.1. The second-order valence-electron chi connectivity index (χ2n) is 8.74. The monoisotopic (exact) mass is 445 g/mol. The molecule has 1 aliphatic carbocycles. The second kappa shape index (κ2) is 11.5. The summed E-state index contributed by atoms with van der Waals surface area (Å²) < 4.78 is 13.4. The van der Waals surface area contributed by atoms with Gasteiger partial charge in [-0.15, -0.1) is 0 Å². The second-order valence-corrected chi connectivity index (χ2v) is 8.74. The van der Waals surface area contributed by atoms with E-state index in [0.717, 1.165) is 25.9 Å². The van der Waals surface area contributed by atoms with Gasteiger partial charge in [0.2, 0.25) is 5.95 Å². The first-order chi connectivity index (χ1) is 16.2. The average molecular weight is 446 g/mol. The highest BCUT2D eigenvalue weighted by Crippen LogP contribution is 2.25. The van der Waals surface area contributed by atoms with E-state index in [-0.39, 0.29) is 11.5 Å². The first-order valence-electron chi connectivity index (χ1n) is 11.9. The van der Waals surface area contributed by atoms with E-state index in [9.17, 15) is 4.39 Å². The highest BCUT2D eigenvalue weighted by Gasteiger charge is 2.17. The maximum absolute atomic E-state index is 13.4. The molecule has 0 saturated heterocycles. The largest absolute Gasteiger partial charge is 0.369 e. The smallest absolute Gasteiger partial charge is 0.224 e. The van der Waals surface area contributed by atoms with Crippen LogP contribution < -0.4 is 10.6 Å². The topological polar surface area (TPSA) is 73.7 Å². The summed E-state index contributed by atoms with van der Waals surface area (Å²) in [4.78, 5) is 9.18. The molecular formula is C27H32FN5. The van der Waals surface area contributed by atoms with E-state index in [4.69, 9.17) is 10.4 Å². The lowest BCUT2D eigenvalue weighted by Crippen LogP contribution is -2.20. The Morgan fingerprint density at radius 1 is 0.970 bits per heavy atom. The van der Waals surface area contributed by atoms with E-state index in [0.29, 0.717) is 28.8 Å². The number of aromatic nitrogens is 2. The molecule has 0 unspecified atom stereocenters. The van der Waals surface area contributed by atoms with Crippen LogP contribution in [0.5, 0.6) is 0 Å². The summed E-state index contributed by atoms with van der Waals surface area (Å²) in [6.07, 6.45) is 10.0. The maximum atomic E-state index is 13.4. The van der Waals surface area contributed by atoms with Crippen molar-refractivity contribution in [2.45, 2.75) is 44.9 Å². The van der Waals surface area contributed by atoms with E-state index in [1.54, 1.807) is 18.3 Å². The van der Waals surface area contributed by atoms with Gasteiger partial charge in [0.05, 0.1) is 11.3 Å². The van der Waals surface area contributed by atoms with Gasteiger partial charge in [0.25, 0.3) is 0 Å². The quantitative estimate of drug-likeness (QED) is 0.262. The molecule has 1 heterocycles. The first-order valence-corrected chi connectivity index (χ1v) is 11.9. The minimum atomic E-state index is -0.312. The van der Waals surface area contributed by atoms with Gasteiger partial charge in [0.1, 0.15) is 11.6 Å². The molecule has 0 spiro atoms. The van der Waals surface area contributed by atoms with Crippen LogP contribution in [0, 0.1) is 17.1 Å². The van der Waals surface area contributed by atoms with E-state index < -0.39 is 0 Å². The lowest BCUT2D eigenvalue weighted by molar-refractivity contribution is 0.373. The lowest BCUT2D eigenvalue weighted by atomic mass is 9.89. The molecule has 0 aliphatic heterocycles. The summed E-state index contributed by atoms with van der Waals surface area (Å²) >= 11 is 0. The molecule has 1 saturated carbocycles. The third kappa shape index (κ3) is 6.60. The van der Waals surface area contributed by atoms with Gasteiger partial charge in [0.15, 0.2) is 0 Å². The molecule has 5 nitrogen and oxygen atoms in total. The van der Waals surface area contributed by atoms with E-state index >= 15 is 0 Å². The fourth-order valence-electron chi connectivity index (χ4n) is 4.33. The molecule has 1 aliphatic rings. The standard InChI is InChI=1S/C27H32FN5/c28-23-15-13-22(14-16-23)25(29)24-19-32-27(30-17-7-12-20-8-3-1-4-9-20)33-26(24)31-18-21-10-5-2-6-11-21/h1,3-4,8-9,13-16,19,21,29H,2,5-7,10-12,17-18H2,(H2,30,31,32,33). The zero-order chi connectivity index (χ0) is 22.9. The molecule has 33 heavy (non-hydrogen) atoms. The molecule has 4 rings (SSSR count). The van der Waals surface area contributed by atoms with Gasteiger partial charge in [-0.2, -0.15) is 4.98 Å². The van der Waals surface area contributed by atoms with Crippen LogP contribution in [-0.4, -0.2) is 28.8 Å². The Labute approximate surface area is 195 Å². The van der Waals surface area contributed by atoms with Crippen molar-refractivity contribution in [1.29, 1.82) is 5.41 Å². The Morgan fingerprint density at radius 3 is 2.48 bits per heavy atom. The van der Waals surface area contributed by atoms with Crippen LogP contribution in [0.25, 0.3) is 0 Å². The van der Waals surface area contributed by atoms with Crippen molar-refractivity contribution in [3.8, 4) is 0 Å². The van der Waals surface area contributed by atoms with Gasteiger partial charge in [-0.3, -0.25) is 5.41 Å². The summed E-state index contributed by atoms with van der Waals surface area (Å²) in [5.41, 5.74) is 2.88. The van der Waals surface area contributed by atoms with E-state index in [2.05, 4.69) is 39.9 Å². The van der Waals surface area contributed by atoms with Gasteiger partial charge < -0.3 is 10.6 Å². The Morgan fingerprint density at radius 2 is 1.73 bits per heavy atom. The van der Waals surface area contributed by atoms with Crippen molar-refractivity contribution in [3.63, 3.8) is 0 Å². The summed E-state index contributed by atoms with van der Waals surface area (Å²) in [7, 11) is 0. The molecule has 0 radical (unpaired) electrons. The summed E-state index contributed by atoms with van der Waals surface area (Å²) in [5.74, 6) is 1.54.